The van der Waals surface area contributed by atoms with E-state index in [1.807, 2.05) is 23.5 Å². The van der Waals surface area contributed by atoms with Gasteiger partial charge < -0.3 is 9.47 Å². The molecule has 1 atom stereocenters. The molecule has 2 aliphatic rings. The number of imidazole rings is 1. The van der Waals surface area contributed by atoms with E-state index < -0.39 is 6.10 Å². The van der Waals surface area contributed by atoms with Crippen LogP contribution in [0.15, 0.2) is 36.7 Å². The summed E-state index contributed by atoms with van der Waals surface area (Å²) in [6, 6.07) is 7.81. The fraction of sp³-hybridized carbons (Fsp3) is 0.429. The van der Waals surface area contributed by atoms with Gasteiger partial charge in [-0.1, -0.05) is 11.1 Å². The van der Waals surface area contributed by atoms with Crippen molar-refractivity contribution >= 4 is 5.65 Å². The van der Waals surface area contributed by atoms with Crippen molar-refractivity contribution in [3.63, 3.8) is 0 Å². The molecule has 38 heavy (non-hydrogen) atoms. The molecule has 0 N–H and O–H groups in total. The van der Waals surface area contributed by atoms with Crippen LogP contribution in [-0.2, 0) is 4.74 Å². The van der Waals surface area contributed by atoms with Gasteiger partial charge in [0.1, 0.15) is 29.0 Å². The molecule has 4 aromatic heterocycles. The molecule has 2 aliphatic heterocycles. The molecule has 4 aromatic rings. The van der Waals surface area contributed by atoms with Crippen LogP contribution in [0, 0.1) is 24.6 Å². The maximum atomic E-state index is 13.4. The van der Waals surface area contributed by atoms with Crippen molar-refractivity contribution in [1.29, 1.82) is 0 Å². The van der Waals surface area contributed by atoms with E-state index in [1.54, 1.807) is 19.2 Å². The van der Waals surface area contributed by atoms with E-state index in [9.17, 15) is 4.39 Å². The van der Waals surface area contributed by atoms with Crippen LogP contribution in [0.5, 0.6) is 5.88 Å². The fourth-order valence-corrected chi connectivity index (χ4v) is 5.27. The zero-order valence-electron chi connectivity index (χ0n) is 21.8. The van der Waals surface area contributed by atoms with E-state index in [0.717, 1.165) is 56.1 Å². The minimum absolute atomic E-state index is 0.315. The summed E-state index contributed by atoms with van der Waals surface area (Å²) in [5.74, 6) is 6.19. The van der Waals surface area contributed by atoms with Gasteiger partial charge in [0.05, 0.1) is 49.1 Å². The lowest BCUT2D eigenvalue weighted by atomic mass is 10.0. The Balaban J connectivity index is 1.32. The Morgan fingerprint density at radius 2 is 1.92 bits per heavy atom. The first-order chi connectivity index (χ1) is 18.5. The Morgan fingerprint density at radius 3 is 2.61 bits per heavy atom. The van der Waals surface area contributed by atoms with Crippen molar-refractivity contribution in [2.24, 2.45) is 0 Å². The van der Waals surface area contributed by atoms with Gasteiger partial charge in [-0.15, -0.1) is 5.10 Å². The van der Waals surface area contributed by atoms with Crippen LogP contribution >= 0.6 is 0 Å². The molecular formula is C28H30FN7O2. The molecule has 196 valence electrons. The van der Waals surface area contributed by atoms with Crippen molar-refractivity contribution < 1.29 is 13.9 Å². The van der Waals surface area contributed by atoms with Crippen molar-refractivity contribution in [3.05, 3.63) is 59.6 Å². The lowest BCUT2D eigenvalue weighted by Gasteiger charge is -2.41. The van der Waals surface area contributed by atoms with Crippen LogP contribution in [-0.4, -0.2) is 66.6 Å². The number of pyridine rings is 2. The first-order valence-corrected chi connectivity index (χ1v) is 13.0. The minimum Gasteiger partial charge on any atom is -0.469 e. The number of hydrogen-bond donors (Lipinski definition) is 0. The standard InChI is InChI=1S/C28H30FN7O2/c1-4-5-23-15-31-26-12-20(13-27(35(23)26)38-19(3)25-7-6-21(29)14-30-25)28-18(2)36(33-32-28)22-8-10-34(11-9-22)24-16-37-17-24/h6-7,12-15,19,22,24H,8-11,16-17H2,1-3H3. The Kier molecular flexibility index (Phi) is 6.55. The lowest BCUT2D eigenvalue weighted by molar-refractivity contribution is -0.0735. The highest BCUT2D eigenvalue weighted by Crippen LogP contribution is 2.33. The van der Waals surface area contributed by atoms with E-state index in [2.05, 4.69) is 48.6 Å². The number of aromatic nitrogens is 6. The first-order valence-electron chi connectivity index (χ1n) is 13.0. The van der Waals surface area contributed by atoms with Gasteiger partial charge in [-0.05, 0) is 57.7 Å². The molecule has 1 unspecified atom stereocenters. The van der Waals surface area contributed by atoms with Gasteiger partial charge in [0.25, 0.3) is 0 Å². The maximum absolute atomic E-state index is 13.4. The summed E-state index contributed by atoms with van der Waals surface area (Å²) in [6.07, 6.45) is 4.57. The molecule has 2 saturated heterocycles. The summed E-state index contributed by atoms with van der Waals surface area (Å²) in [4.78, 5) is 11.3. The Hall–Kier alpha value is -3.81. The van der Waals surface area contributed by atoms with Crippen LogP contribution in [0.3, 0.4) is 0 Å². The molecule has 0 aliphatic carbocycles. The Labute approximate surface area is 220 Å². The highest BCUT2D eigenvalue weighted by molar-refractivity contribution is 5.68. The predicted octanol–water partition coefficient (Wildman–Crippen LogP) is 3.98. The lowest BCUT2D eigenvalue weighted by Crippen LogP contribution is -2.52. The van der Waals surface area contributed by atoms with Crippen LogP contribution in [0.2, 0.25) is 0 Å². The smallest absolute Gasteiger partial charge is 0.201 e. The van der Waals surface area contributed by atoms with Gasteiger partial charge in [0, 0.05) is 24.7 Å². The second kappa shape index (κ2) is 10.2. The fourth-order valence-electron chi connectivity index (χ4n) is 5.27. The van der Waals surface area contributed by atoms with Crippen molar-refractivity contribution in [3.8, 4) is 29.0 Å². The monoisotopic (exact) mass is 515 g/mol. The van der Waals surface area contributed by atoms with Crippen molar-refractivity contribution in [1.82, 2.24) is 34.3 Å². The number of ether oxygens (including phenoxy) is 2. The number of hydrogen-bond acceptors (Lipinski definition) is 7. The third-order valence-corrected chi connectivity index (χ3v) is 7.47. The van der Waals surface area contributed by atoms with Crippen LogP contribution in [0.1, 0.15) is 55.9 Å². The van der Waals surface area contributed by atoms with E-state index in [4.69, 9.17) is 9.47 Å². The number of likely N-dealkylation sites (tertiary alicyclic amines) is 1. The van der Waals surface area contributed by atoms with E-state index in [1.165, 1.54) is 12.3 Å². The summed E-state index contributed by atoms with van der Waals surface area (Å²) in [7, 11) is 0. The zero-order valence-corrected chi connectivity index (χ0v) is 21.8. The van der Waals surface area contributed by atoms with Gasteiger partial charge in [-0.25, -0.2) is 14.1 Å². The summed E-state index contributed by atoms with van der Waals surface area (Å²) in [5, 5.41) is 9.15. The highest BCUT2D eigenvalue weighted by Gasteiger charge is 2.31. The number of piperidine rings is 1. The van der Waals surface area contributed by atoms with E-state index in [0.29, 0.717) is 35.0 Å². The molecule has 0 amide bonds. The summed E-state index contributed by atoms with van der Waals surface area (Å²) >= 11 is 0. The van der Waals surface area contributed by atoms with Crippen molar-refractivity contribution in [2.45, 2.75) is 51.8 Å². The van der Waals surface area contributed by atoms with E-state index >= 15 is 0 Å². The summed E-state index contributed by atoms with van der Waals surface area (Å²) in [6.45, 7) is 9.51. The molecule has 0 aromatic carbocycles. The summed E-state index contributed by atoms with van der Waals surface area (Å²) < 4.78 is 29.1. The van der Waals surface area contributed by atoms with Gasteiger partial charge in [-0.3, -0.25) is 14.3 Å². The second-order valence-corrected chi connectivity index (χ2v) is 9.88. The number of nitrogens with zero attached hydrogens (tertiary/aromatic N) is 7. The molecule has 2 fully saturated rings. The number of fused-ring (bicyclic) bond motifs is 1. The average Bonchev–Trinajstić information content (AvgIpc) is 3.47. The largest absolute Gasteiger partial charge is 0.469 e. The van der Waals surface area contributed by atoms with Gasteiger partial charge in [0.15, 0.2) is 0 Å². The van der Waals surface area contributed by atoms with Gasteiger partial charge >= 0.3 is 0 Å². The van der Waals surface area contributed by atoms with Gasteiger partial charge in [-0.2, -0.15) is 0 Å². The molecule has 10 heteroatoms. The second-order valence-electron chi connectivity index (χ2n) is 9.88. The van der Waals surface area contributed by atoms with Crippen molar-refractivity contribution in [2.75, 3.05) is 26.3 Å². The third kappa shape index (κ3) is 4.52. The van der Waals surface area contributed by atoms with Crippen LogP contribution < -0.4 is 4.74 Å². The Bertz CT molecular complexity index is 1510. The molecule has 9 nitrogen and oxygen atoms in total. The summed E-state index contributed by atoms with van der Waals surface area (Å²) in [5.41, 5.74) is 4.70. The highest BCUT2D eigenvalue weighted by atomic mass is 19.1. The SMILES string of the molecule is CC#Cc1cnc2cc(-c3nnn(C4CCN(C5COC5)CC4)c3C)cc(OC(C)c3ccc(F)cn3)n12. The predicted molar refractivity (Wildman–Crippen MR) is 139 cm³/mol. The normalized spacial score (nSPS) is 17.7. The topological polar surface area (TPSA) is 82.6 Å². The van der Waals surface area contributed by atoms with Gasteiger partial charge in [0.2, 0.25) is 5.88 Å². The molecule has 6 heterocycles. The molecule has 0 saturated carbocycles. The van der Waals surface area contributed by atoms with Crippen LogP contribution in [0.25, 0.3) is 16.9 Å². The molecular weight excluding hydrogens is 485 g/mol. The van der Waals surface area contributed by atoms with E-state index in [-0.39, 0.29) is 5.82 Å². The number of rotatable bonds is 6. The average molecular weight is 516 g/mol. The molecule has 0 bridgehead atoms. The maximum Gasteiger partial charge on any atom is 0.201 e. The van der Waals surface area contributed by atoms with Crippen LogP contribution in [0.4, 0.5) is 4.39 Å². The Morgan fingerprint density at radius 1 is 1.11 bits per heavy atom. The zero-order chi connectivity index (χ0) is 26.2. The molecule has 0 spiro atoms. The molecule has 0 radical (unpaired) electrons. The number of halogens is 1. The quantitative estimate of drug-likeness (QED) is 0.359. The molecule has 6 rings (SSSR count). The third-order valence-electron chi connectivity index (χ3n) is 7.47. The minimum atomic E-state index is -0.429. The first kappa shape index (κ1) is 24.5.